The maximum atomic E-state index is 6.12. The molecular weight excluding hydrogens is 172 g/mol. The van der Waals surface area contributed by atoms with E-state index >= 15 is 0 Å². The summed E-state index contributed by atoms with van der Waals surface area (Å²) in [6.07, 6.45) is 10.1. The van der Waals surface area contributed by atoms with Crippen LogP contribution in [0.2, 0.25) is 0 Å². The first-order valence-electron chi connectivity index (χ1n) is 6.43. The van der Waals surface area contributed by atoms with Crippen molar-refractivity contribution in [3.63, 3.8) is 0 Å². The molecule has 0 heterocycles. The monoisotopic (exact) mass is 194 g/mol. The molecule has 0 saturated heterocycles. The highest BCUT2D eigenvalue weighted by molar-refractivity contribution is 4.99. The second-order valence-electron chi connectivity index (χ2n) is 5.87. The van der Waals surface area contributed by atoms with Gasteiger partial charge in [0.2, 0.25) is 0 Å². The van der Waals surface area contributed by atoms with E-state index < -0.39 is 0 Å². The summed E-state index contributed by atoms with van der Waals surface area (Å²) in [5, 5.41) is 0. The summed E-state index contributed by atoms with van der Waals surface area (Å²) in [5.41, 5.74) is 0.327. The Bertz CT molecular complexity index is 209. The van der Waals surface area contributed by atoms with Gasteiger partial charge in [-0.3, -0.25) is 0 Å². The first kappa shape index (κ1) is 9.21. The van der Waals surface area contributed by atoms with Gasteiger partial charge in [0.25, 0.3) is 0 Å². The van der Waals surface area contributed by atoms with Gasteiger partial charge in [0.05, 0.1) is 5.60 Å². The van der Waals surface area contributed by atoms with E-state index in [2.05, 4.69) is 6.92 Å². The third kappa shape index (κ3) is 1.41. The molecule has 0 spiro atoms. The number of fused-ring (bicyclic) bond motifs is 1. The van der Waals surface area contributed by atoms with Gasteiger partial charge in [-0.15, -0.1) is 0 Å². The fourth-order valence-corrected chi connectivity index (χ4v) is 4.57. The summed E-state index contributed by atoms with van der Waals surface area (Å²) in [6.45, 7) is 3.08. The first-order chi connectivity index (χ1) is 6.80. The first-order valence-corrected chi connectivity index (χ1v) is 6.43. The van der Waals surface area contributed by atoms with E-state index in [1.807, 2.05) is 0 Å². The number of rotatable bonds is 2. The predicted octanol–water partition coefficient (Wildman–Crippen LogP) is 3.38. The molecule has 0 aromatic heterocycles. The van der Waals surface area contributed by atoms with Gasteiger partial charge in [-0.2, -0.15) is 0 Å². The summed E-state index contributed by atoms with van der Waals surface area (Å²) in [5.74, 6) is 3.09. The van der Waals surface area contributed by atoms with E-state index in [4.69, 9.17) is 4.74 Å². The third-order valence-corrected chi connectivity index (χ3v) is 4.78. The van der Waals surface area contributed by atoms with Crippen molar-refractivity contribution in [3.05, 3.63) is 0 Å². The highest BCUT2D eigenvalue weighted by atomic mass is 16.5. The molecule has 1 heteroatoms. The molecule has 2 unspecified atom stereocenters. The lowest BCUT2D eigenvalue weighted by Gasteiger charge is -2.44. The molecule has 4 rings (SSSR count). The molecular formula is C13H22O. The number of ether oxygens (including phenoxy) is 1. The summed E-state index contributed by atoms with van der Waals surface area (Å²) in [6, 6.07) is 0. The molecule has 4 saturated carbocycles. The molecule has 4 aliphatic rings. The SMILES string of the molecule is CCOC12CCC3CC(CC(C3)C1)C2. The lowest BCUT2D eigenvalue weighted by Crippen LogP contribution is -2.41. The molecule has 4 aliphatic carbocycles. The Labute approximate surface area is 87.2 Å². The normalized spacial score (nSPS) is 50.8. The molecule has 0 aromatic rings. The van der Waals surface area contributed by atoms with Crippen LogP contribution in [0.1, 0.15) is 51.9 Å². The highest BCUT2D eigenvalue weighted by Gasteiger charge is 2.47. The minimum absolute atomic E-state index is 0.327. The van der Waals surface area contributed by atoms with Crippen LogP contribution in [0, 0.1) is 17.8 Å². The fraction of sp³-hybridized carbons (Fsp3) is 1.00. The van der Waals surface area contributed by atoms with Crippen molar-refractivity contribution >= 4 is 0 Å². The maximum absolute atomic E-state index is 6.12. The Morgan fingerprint density at radius 2 is 1.71 bits per heavy atom. The molecule has 4 bridgehead atoms. The molecule has 0 radical (unpaired) electrons. The van der Waals surface area contributed by atoms with E-state index in [1.54, 1.807) is 0 Å². The second-order valence-corrected chi connectivity index (χ2v) is 5.87. The van der Waals surface area contributed by atoms with Crippen molar-refractivity contribution < 1.29 is 4.74 Å². The van der Waals surface area contributed by atoms with Crippen molar-refractivity contribution in [2.24, 2.45) is 17.8 Å². The Morgan fingerprint density at radius 1 is 1.07 bits per heavy atom. The molecule has 2 atom stereocenters. The lowest BCUT2D eigenvalue weighted by atomic mass is 9.66. The third-order valence-electron chi connectivity index (χ3n) is 4.78. The molecule has 14 heavy (non-hydrogen) atoms. The fourth-order valence-electron chi connectivity index (χ4n) is 4.57. The minimum atomic E-state index is 0.327. The van der Waals surface area contributed by atoms with E-state index in [0.29, 0.717) is 5.60 Å². The maximum Gasteiger partial charge on any atom is 0.0687 e. The van der Waals surface area contributed by atoms with E-state index in [9.17, 15) is 0 Å². The second kappa shape index (κ2) is 3.23. The van der Waals surface area contributed by atoms with Crippen LogP contribution in [0.4, 0.5) is 0 Å². The van der Waals surface area contributed by atoms with Crippen LogP contribution in [0.5, 0.6) is 0 Å². The van der Waals surface area contributed by atoms with Gasteiger partial charge < -0.3 is 4.74 Å². The van der Waals surface area contributed by atoms with Gasteiger partial charge in [0, 0.05) is 6.61 Å². The zero-order valence-electron chi connectivity index (χ0n) is 9.30. The predicted molar refractivity (Wildman–Crippen MR) is 57.1 cm³/mol. The molecule has 4 fully saturated rings. The Hall–Kier alpha value is -0.0400. The quantitative estimate of drug-likeness (QED) is 0.655. The Balaban J connectivity index is 1.85. The van der Waals surface area contributed by atoms with E-state index in [1.165, 1.54) is 44.9 Å². The van der Waals surface area contributed by atoms with Crippen LogP contribution in [-0.4, -0.2) is 12.2 Å². The summed E-state index contributed by atoms with van der Waals surface area (Å²) >= 11 is 0. The van der Waals surface area contributed by atoms with Crippen LogP contribution >= 0.6 is 0 Å². The standard InChI is InChI=1S/C13H22O/c1-2-14-13-4-3-10-5-11(8-13)7-12(6-10)9-13/h10-12H,2-9H2,1H3. The average Bonchev–Trinajstić information content (AvgIpc) is 2.31. The van der Waals surface area contributed by atoms with Crippen molar-refractivity contribution in [3.8, 4) is 0 Å². The Kier molecular flexibility index (Phi) is 2.12. The van der Waals surface area contributed by atoms with Crippen LogP contribution in [-0.2, 0) is 4.74 Å². The summed E-state index contributed by atoms with van der Waals surface area (Å²) < 4.78 is 6.12. The van der Waals surface area contributed by atoms with Crippen LogP contribution in [0.15, 0.2) is 0 Å². The Morgan fingerprint density at radius 3 is 2.36 bits per heavy atom. The van der Waals surface area contributed by atoms with Gasteiger partial charge >= 0.3 is 0 Å². The number of hydrogen-bond acceptors (Lipinski definition) is 1. The van der Waals surface area contributed by atoms with Crippen LogP contribution in [0.3, 0.4) is 0 Å². The molecule has 0 N–H and O–H groups in total. The van der Waals surface area contributed by atoms with Crippen LogP contribution < -0.4 is 0 Å². The van der Waals surface area contributed by atoms with E-state index in [-0.39, 0.29) is 0 Å². The average molecular weight is 194 g/mol. The van der Waals surface area contributed by atoms with Gasteiger partial charge in [0.1, 0.15) is 0 Å². The van der Waals surface area contributed by atoms with Gasteiger partial charge in [-0.05, 0) is 69.6 Å². The highest BCUT2D eigenvalue weighted by Crippen LogP contribution is 2.54. The van der Waals surface area contributed by atoms with Crippen LogP contribution in [0.25, 0.3) is 0 Å². The lowest BCUT2D eigenvalue weighted by molar-refractivity contribution is -0.0943. The molecule has 0 amide bonds. The van der Waals surface area contributed by atoms with Crippen molar-refractivity contribution in [2.45, 2.75) is 57.5 Å². The zero-order chi connectivity index (χ0) is 9.60. The van der Waals surface area contributed by atoms with Gasteiger partial charge in [0.15, 0.2) is 0 Å². The molecule has 80 valence electrons. The summed E-state index contributed by atoms with van der Waals surface area (Å²) in [4.78, 5) is 0. The van der Waals surface area contributed by atoms with Crippen molar-refractivity contribution in [2.75, 3.05) is 6.61 Å². The van der Waals surface area contributed by atoms with Crippen molar-refractivity contribution in [1.82, 2.24) is 0 Å². The van der Waals surface area contributed by atoms with E-state index in [0.717, 1.165) is 24.4 Å². The molecule has 0 aromatic carbocycles. The smallest absolute Gasteiger partial charge is 0.0687 e. The van der Waals surface area contributed by atoms with Gasteiger partial charge in [-0.25, -0.2) is 0 Å². The van der Waals surface area contributed by atoms with Crippen molar-refractivity contribution in [1.29, 1.82) is 0 Å². The molecule has 0 aliphatic heterocycles. The minimum Gasteiger partial charge on any atom is -0.375 e. The number of hydrogen-bond donors (Lipinski definition) is 0. The topological polar surface area (TPSA) is 9.23 Å². The molecule has 1 nitrogen and oxygen atoms in total. The largest absolute Gasteiger partial charge is 0.375 e. The van der Waals surface area contributed by atoms with Gasteiger partial charge in [-0.1, -0.05) is 0 Å². The summed E-state index contributed by atoms with van der Waals surface area (Å²) in [7, 11) is 0. The zero-order valence-corrected chi connectivity index (χ0v) is 9.30.